The van der Waals surface area contributed by atoms with Crippen molar-refractivity contribution >= 4 is 12.0 Å². The van der Waals surface area contributed by atoms with Crippen LogP contribution in [0.15, 0.2) is 79.1 Å². The summed E-state index contributed by atoms with van der Waals surface area (Å²) in [6.45, 7) is 4.87. The quantitative estimate of drug-likeness (QED) is 0.208. The van der Waals surface area contributed by atoms with Gasteiger partial charge in [-0.2, -0.15) is 5.21 Å². The molecule has 0 fully saturated rings. The van der Waals surface area contributed by atoms with Gasteiger partial charge in [0.25, 0.3) is 0 Å². The van der Waals surface area contributed by atoms with Gasteiger partial charge in [-0.05, 0) is 53.5 Å². The largest absolute Gasteiger partial charge is 0.463 e. The molecule has 192 valence electrons. The lowest BCUT2D eigenvalue weighted by Crippen LogP contribution is -2.08. The molecular weight excluding hydrogens is 478 g/mol. The van der Waals surface area contributed by atoms with Crippen molar-refractivity contribution in [1.82, 2.24) is 34.7 Å². The number of rotatable bonds is 10. The summed E-state index contributed by atoms with van der Waals surface area (Å²) in [6.07, 6.45) is 8.96. The van der Waals surface area contributed by atoms with Crippen LogP contribution in [0.25, 0.3) is 34.4 Å². The Labute approximate surface area is 220 Å². The van der Waals surface area contributed by atoms with E-state index in [1.807, 2.05) is 47.3 Å². The molecule has 0 aliphatic carbocycles. The summed E-state index contributed by atoms with van der Waals surface area (Å²) in [5, 5.41) is 14.5. The number of H-pyrrole nitrogens is 1. The highest BCUT2D eigenvalue weighted by molar-refractivity contribution is 5.87. The second-order valence-electron chi connectivity index (χ2n) is 8.73. The fraction of sp³-hybridized carbons (Fsp3) is 0.207. The predicted octanol–water partition coefficient (Wildman–Crippen LogP) is 5.10. The molecule has 3 aromatic heterocycles. The molecule has 2 aromatic carbocycles. The zero-order valence-corrected chi connectivity index (χ0v) is 21.4. The monoisotopic (exact) mass is 507 g/mol. The van der Waals surface area contributed by atoms with Gasteiger partial charge >= 0.3 is 5.97 Å². The molecule has 38 heavy (non-hydrogen) atoms. The maximum atomic E-state index is 12.1. The highest BCUT2D eigenvalue weighted by Gasteiger charge is 2.17. The van der Waals surface area contributed by atoms with E-state index < -0.39 is 0 Å². The van der Waals surface area contributed by atoms with Gasteiger partial charge in [-0.15, -0.1) is 10.2 Å². The third kappa shape index (κ3) is 5.31. The van der Waals surface area contributed by atoms with Crippen molar-refractivity contribution in [3.05, 3.63) is 96.2 Å². The van der Waals surface area contributed by atoms with Crippen LogP contribution in [0.5, 0.6) is 0 Å². The molecule has 9 heteroatoms. The van der Waals surface area contributed by atoms with Gasteiger partial charge in [0.05, 0.1) is 12.3 Å². The van der Waals surface area contributed by atoms with Crippen molar-refractivity contribution in [3.63, 3.8) is 0 Å². The summed E-state index contributed by atoms with van der Waals surface area (Å²) >= 11 is 0. The Morgan fingerprint density at radius 1 is 1.00 bits per heavy atom. The van der Waals surface area contributed by atoms with Gasteiger partial charge in [-0.1, -0.05) is 55.5 Å². The highest BCUT2D eigenvalue weighted by atomic mass is 16.5. The molecule has 5 aromatic rings. The molecule has 0 amide bonds. The van der Waals surface area contributed by atoms with Crippen LogP contribution in [0, 0.1) is 0 Å². The molecule has 0 radical (unpaired) electrons. The summed E-state index contributed by atoms with van der Waals surface area (Å²) < 4.78 is 9.27. The van der Waals surface area contributed by atoms with E-state index in [1.165, 1.54) is 6.08 Å². The number of imidazole rings is 1. The average Bonchev–Trinajstić information content (AvgIpc) is 3.71. The van der Waals surface area contributed by atoms with Gasteiger partial charge in [0.1, 0.15) is 5.82 Å². The number of hydrogen-bond donors (Lipinski definition) is 1. The first-order valence-electron chi connectivity index (χ1n) is 12.7. The van der Waals surface area contributed by atoms with Crippen LogP contribution in [0.4, 0.5) is 0 Å². The minimum atomic E-state index is -0.375. The number of aromatic nitrogens is 7. The Bertz CT molecular complexity index is 1520. The fourth-order valence-electron chi connectivity index (χ4n) is 4.44. The van der Waals surface area contributed by atoms with Gasteiger partial charge in [-0.3, -0.25) is 0 Å². The smallest absolute Gasteiger partial charge is 0.330 e. The Balaban J connectivity index is 1.50. The van der Waals surface area contributed by atoms with Crippen molar-refractivity contribution in [3.8, 4) is 28.3 Å². The third-order valence-corrected chi connectivity index (χ3v) is 6.17. The van der Waals surface area contributed by atoms with Crippen molar-refractivity contribution in [1.29, 1.82) is 0 Å². The van der Waals surface area contributed by atoms with Crippen molar-refractivity contribution in [2.75, 3.05) is 6.61 Å². The number of nitrogens with zero attached hydrogens (tertiary/aromatic N) is 6. The molecule has 3 heterocycles. The summed E-state index contributed by atoms with van der Waals surface area (Å²) in [5.41, 5.74) is 4.97. The second kappa shape index (κ2) is 11.5. The average molecular weight is 508 g/mol. The van der Waals surface area contributed by atoms with Gasteiger partial charge in [0.15, 0.2) is 5.82 Å². The second-order valence-corrected chi connectivity index (χ2v) is 8.73. The Hall–Kier alpha value is -4.79. The number of carbonyl (C=O) groups is 1. The van der Waals surface area contributed by atoms with Crippen LogP contribution in [-0.4, -0.2) is 47.3 Å². The standard InChI is InChI=1S/C29H29N7O2/c1-3-9-26-30-29(35-18-7-8-19-35)25(16-17-27(37)38-4-2)36(26)20-21-12-14-22(15-13-21)23-10-5-6-11-24(23)28-31-33-34-32-28/h5-8,10-19H,3-4,9,20H2,1-2H3,(H,31,32,33,34)/b17-16+. The number of carbonyl (C=O) groups excluding carboxylic acids is 1. The molecular formula is C29H29N7O2. The van der Waals surface area contributed by atoms with Gasteiger partial charge < -0.3 is 13.9 Å². The van der Waals surface area contributed by atoms with E-state index in [-0.39, 0.29) is 5.97 Å². The lowest BCUT2D eigenvalue weighted by Gasteiger charge is -2.12. The molecule has 0 aliphatic rings. The van der Waals surface area contributed by atoms with Gasteiger partial charge in [0.2, 0.25) is 5.82 Å². The van der Waals surface area contributed by atoms with E-state index in [0.29, 0.717) is 19.0 Å². The number of hydrogen-bond acceptors (Lipinski definition) is 6. The van der Waals surface area contributed by atoms with Crippen molar-refractivity contribution in [2.24, 2.45) is 0 Å². The summed E-state index contributed by atoms with van der Waals surface area (Å²) in [4.78, 5) is 17.1. The van der Waals surface area contributed by atoms with Crippen molar-refractivity contribution < 1.29 is 9.53 Å². The van der Waals surface area contributed by atoms with Crippen LogP contribution in [0.1, 0.15) is 37.4 Å². The maximum Gasteiger partial charge on any atom is 0.330 e. The van der Waals surface area contributed by atoms with Gasteiger partial charge in [0, 0.05) is 37.0 Å². The van der Waals surface area contributed by atoms with Crippen LogP contribution in [-0.2, 0) is 22.5 Å². The number of esters is 1. The molecule has 0 saturated heterocycles. The third-order valence-electron chi connectivity index (χ3n) is 6.17. The number of aryl methyl sites for hydroxylation is 1. The minimum Gasteiger partial charge on any atom is -0.463 e. The van der Waals surface area contributed by atoms with E-state index >= 15 is 0 Å². The molecule has 1 N–H and O–H groups in total. The molecule has 0 spiro atoms. The fourth-order valence-corrected chi connectivity index (χ4v) is 4.44. The SMILES string of the molecule is CCCc1nc(-n2cccc2)c(/C=C/C(=O)OCC)n1Cc1ccc(-c2ccccc2-c2nn[nH]n2)cc1. The topological polar surface area (TPSA) is 104 Å². The van der Waals surface area contributed by atoms with Crippen LogP contribution in [0.3, 0.4) is 0 Å². The van der Waals surface area contributed by atoms with Gasteiger partial charge in [-0.25, -0.2) is 9.78 Å². The van der Waals surface area contributed by atoms with Crippen LogP contribution in [0.2, 0.25) is 0 Å². The van der Waals surface area contributed by atoms with E-state index in [1.54, 1.807) is 13.0 Å². The van der Waals surface area contributed by atoms with Crippen LogP contribution >= 0.6 is 0 Å². The maximum absolute atomic E-state index is 12.1. The van der Waals surface area contributed by atoms with E-state index in [0.717, 1.165) is 52.4 Å². The predicted molar refractivity (Wildman–Crippen MR) is 145 cm³/mol. The highest BCUT2D eigenvalue weighted by Crippen LogP contribution is 2.30. The molecule has 0 saturated carbocycles. The molecule has 0 bridgehead atoms. The van der Waals surface area contributed by atoms with Crippen LogP contribution < -0.4 is 0 Å². The molecule has 0 unspecified atom stereocenters. The number of nitrogens with one attached hydrogen (secondary N) is 1. The lowest BCUT2D eigenvalue weighted by atomic mass is 9.98. The number of ether oxygens (including phenoxy) is 1. The molecule has 9 nitrogen and oxygen atoms in total. The first kappa shape index (κ1) is 24.9. The van der Waals surface area contributed by atoms with Crippen molar-refractivity contribution in [2.45, 2.75) is 33.2 Å². The normalized spacial score (nSPS) is 11.3. The zero-order chi connectivity index (χ0) is 26.3. The zero-order valence-electron chi connectivity index (χ0n) is 21.4. The lowest BCUT2D eigenvalue weighted by molar-refractivity contribution is -0.137. The first-order chi connectivity index (χ1) is 18.7. The van der Waals surface area contributed by atoms with E-state index in [2.05, 4.69) is 62.4 Å². The summed E-state index contributed by atoms with van der Waals surface area (Å²) in [5.74, 6) is 1.93. The minimum absolute atomic E-state index is 0.330. The first-order valence-corrected chi connectivity index (χ1v) is 12.7. The number of aromatic amines is 1. The number of benzene rings is 2. The molecule has 0 atom stereocenters. The number of tetrazole rings is 1. The van der Waals surface area contributed by atoms with E-state index in [9.17, 15) is 4.79 Å². The molecule has 0 aliphatic heterocycles. The summed E-state index contributed by atoms with van der Waals surface area (Å²) in [7, 11) is 0. The Morgan fingerprint density at radius 3 is 2.45 bits per heavy atom. The van der Waals surface area contributed by atoms with E-state index in [4.69, 9.17) is 9.72 Å². The summed E-state index contributed by atoms with van der Waals surface area (Å²) in [6, 6.07) is 20.4. The molecule has 5 rings (SSSR count). The Morgan fingerprint density at radius 2 is 1.76 bits per heavy atom. The Kier molecular flexibility index (Phi) is 7.54.